The number of thiophene rings is 1. The van der Waals surface area contributed by atoms with E-state index in [9.17, 15) is 9.59 Å². The van der Waals surface area contributed by atoms with Crippen LogP contribution in [0.1, 0.15) is 15.9 Å². The van der Waals surface area contributed by atoms with Crippen LogP contribution in [0.3, 0.4) is 0 Å². The maximum absolute atomic E-state index is 12.0. The average molecular weight is 302 g/mol. The number of rotatable bonds is 3. The number of halogens is 2. The second-order valence-corrected chi connectivity index (χ2v) is 6.07. The summed E-state index contributed by atoms with van der Waals surface area (Å²) in [6.45, 7) is 1.67. The quantitative estimate of drug-likeness (QED) is 0.815. The third-order valence-electron chi connectivity index (χ3n) is 2.48. The van der Waals surface area contributed by atoms with Crippen LogP contribution in [0.2, 0.25) is 8.67 Å². The van der Waals surface area contributed by atoms with Crippen LogP contribution >= 0.6 is 34.5 Å². The van der Waals surface area contributed by atoms with E-state index in [0.29, 0.717) is 19.8 Å². The summed E-state index contributed by atoms with van der Waals surface area (Å²) in [5.74, 6) is -0.226. The highest BCUT2D eigenvalue weighted by atomic mass is 35.5. The molecule has 0 spiro atoms. The first-order valence-corrected chi connectivity index (χ1v) is 6.70. The van der Waals surface area contributed by atoms with Crippen LogP contribution in [0.25, 0.3) is 0 Å². The lowest BCUT2D eigenvalue weighted by atomic mass is 10.2. The highest BCUT2D eigenvalue weighted by Crippen LogP contribution is 2.31. The van der Waals surface area contributed by atoms with Gasteiger partial charge in [0, 0.05) is 11.8 Å². The fourth-order valence-electron chi connectivity index (χ4n) is 1.55. The third kappa shape index (κ3) is 2.66. The van der Waals surface area contributed by atoms with Gasteiger partial charge in [0.15, 0.2) is 5.78 Å². The molecule has 2 heterocycles. The lowest BCUT2D eigenvalue weighted by Gasteiger charge is -2.04. The predicted octanol–water partition coefficient (Wildman–Crippen LogP) is 3.41. The number of pyridine rings is 1. The second-order valence-electron chi connectivity index (χ2n) is 3.79. The Bertz CT molecular complexity index is 660. The van der Waals surface area contributed by atoms with Crippen molar-refractivity contribution in [3.8, 4) is 0 Å². The minimum absolute atomic E-state index is 0.0344. The number of nitrogens with zero attached hydrogens (tertiary/aromatic N) is 1. The highest BCUT2D eigenvalue weighted by Gasteiger charge is 2.15. The van der Waals surface area contributed by atoms with Crippen molar-refractivity contribution < 1.29 is 4.79 Å². The lowest BCUT2D eigenvalue weighted by Crippen LogP contribution is -2.25. The zero-order chi connectivity index (χ0) is 13.3. The molecule has 2 rings (SSSR count). The van der Waals surface area contributed by atoms with Crippen molar-refractivity contribution >= 4 is 40.3 Å². The maximum Gasteiger partial charge on any atom is 0.253 e. The van der Waals surface area contributed by atoms with Crippen LogP contribution in [0.4, 0.5) is 0 Å². The van der Waals surface area contributed by atoms with Gasteiger partial charge in [-0.05, 0) is 19.1 Å². The summed E-state index contributed by atoms with van der Waals surface area (Å²) in [7, 11) is 0. The summed E-state index contributed by atoms with van der Waals surface area (Å²) in [6.07, 6.45) is 1.58. The van der Waals surface area contributed by atoms with Crippen LogP contribution in [-0.2, 0) is 6.54 Å². The first-order chi connectivity index (χ1) is 8.49. The molecule has 0 aliphatic heterocycles. The molecule has 0 fully saturated rings. The number of ketones is 1. The first kappa shape index (κ1) is 13.3. The van der Waals surface area contributed by atoms with E-state index in [1.54, 1.807) is 25.3 Å². The van der Waals surface area contributed by atoms with Crippen LogP contribution in [0.5, 0.6) is 0 Å². The summed E-state index contributed by atoms with van der Waals surface area (Å²) < 4.78 is 2.17. The molecular formula is C12H9Cl2NO2S. The summed E-state index contributed by atoms with van der Waals surface area (Å²) in [5.41, 5.74) is 0.781. The van der Waals surface area contributed by atoms with E-state index < -0.39 is 0 Å². The number of hydrogen-bond acceptors (Lipinski definition) is 3. The number of carbonyl (C=O) groups is 1. The van der Waals surface area contributed by atoms with Crippen molar-refractivity contribution in [3.63, 3.8) is 0 Å². The topological polar surface area (TPSA) is 39.1 Å². The molecule has 0 unspecified atom stereocenters. The molecule has 2 aromatic heterocycles. The number of carbonyl (C=O) groups excluding carboxylic acids is 1. The normalized spacial score (nSPS) is 10.6. The van der Waals surface area contributed by atoms with E-state index in [2.05, 4.69) is 0 Å². The Hall–Kier alpha value is -1.10. The highest BCUT2D eigenvalue weighted by molar-refractivity contribution is 7.20. The number of aryl methyl sites for hydroxylation is 1. The van der Waals surface area contributed by atoms with Crippen molar-refractivity contribution in [1.29, 1.82) is 0 Å². The van der Waals surface area contributed by atoms with E-state index >= 15 is 0 Å². The van der Waals surface area contributed by atoms with Crippen molar-refractivity contribution in [1.82, 2.24) is 4.57 Å². The third-order valence-corrected chi connectivity index (χ3v) is 3.97. The molecule has 0 bridgehead atoms. The van der Waals surface area contributed by atoms with Crippen LogP contribution in [0, 0.1) is 6.92 Å². The zero-order valence-corrected chi connectivity index (χ0v) is 11.8. The average Bonchev–Trinajstić information content (AvgIpc) is 2.64. The van der Waals surface area contributed by atoms with Gasteiger partial charge in [0.2, 0.25) is 0 Å². The Morgan fingerprint density at radius 2 is 2.17 bits per heavy atom. The van der Waals surface area contributed by atoms with E-state index in [1.807, 2.05) is 0 Å². The van der Waals surface area contributed by atoms with Crippen molar-refractivity contribution in [2.75, 3.05) is 0 Å². The van der Waals surface area contributed by atoms with E-state index in [4.69, 9.17) is 23.2 Å². The Morgan fingerprint density at radius 3 is 2.78 bits per heavy atom. The van der Waals surface area contributed by atoms with Gasteiger partial charge in [0.1, 0.15) is 4.34 Å². The maximum atomic E-state index is 12.0. The Labute approximate surface area is 118 Å². The Kier molecular flexibility index (Phi) is 3.90. The number of Topliss-reactive ketones (excluding diaryl/α,β-unsaturated/α-hetero) is 1. The van der Waals surface area contributed by atoms with E-state index in [1.165, 1.54) is 10.6 Å². The molecule has 0 atom stereocenters. The van der Waals surface area contributed by atoms with Gasteiger partial charge in [-0.1, -0.05) is 29.3 Å². The van der Waals surface area contributed by atoms with Gasteiger partial charge in [-0.3, -0.25) is 9.59 Å². The molecule has 0 amide bonds. The molecule has 94 valence electrons. The van der Waals surface area contributed by atoms with Gasteiger partial charge in [-0.25, -0.2) is 0 Å². The summed E-state index contributed by atoms with van der Waals surface area (Å²) in [4.78, 5) is 23.8. The SMILES string of the molecule is Cc1cccn(CC(=O)c2cc(Cl)sc2Cl)c1=O. The molecule has 0 radical (unpaired) electrons. The molecule has 0 aromatic carbocycles. The molecule has 0 aliphatic carbocycles. The van der Waals surface area contributed by atoms with Crippen LogP contribution in [-0.4, -0.2) is 10.4 Å². The van der Waals surface area contributed by atoms with Gasteiger partial charge in [0.05, 0.1) is 16.4 Å². The monoisotopic (exact) mass is 301 g/mol. The molecule has 18 heavy (non-hydrogen) atoms. The minimum Gasteiger partial charge on any atom is -0.308 e. The largest absolute Gasteiger partial charge is 0.308 e. The van der Waals surface area contributed by atoms with Crippen molar-refractivity contribution in [3.05, 3.63) is 54.5 Å². The predicted molar refractivity (Wildman–Crippen MR) is 74.1 cm³/mol. The lowest BCUT2D eigenvalue weighted by molar-refractivity contribution is 0.0971. The van der Waals surface area contributed by atoms with Crippen LogP contribution < -0.4 is 5.56 Å². The first-order valence-electron chi connectivity index (χ1n) is 5.13. The summed E-state index contributed by atoms with van der Waals surface area (Å²) in [5, 5.41) is 0. The second kappa shape index (κ2) is 5.26. The summed E-state index contributed by atoms with van der Waals surface area (Å²) in [6, 6.07) is 4.96. The zero-order valence-electron chi connectivity index (χ0n) is 9.44. The number of hydrogen-bond donors (Lipinski definition) is 0. The van der Waals surface area contributed by atoms with Crippen molar-refractivity contribution in [2.24, 2.45) is 0 Å². The molecule has 2 aromatic rings. The van der Waals surface area contributed by atoms with Crippen LogP contribution in [0.15, 0.2) is 29.2 Å². The van der Waals surface area contributed by atoms with Crippen molar-refractivity contribution in [2.45, 2.75) is 13.5 Å². The standard InChI is InChI=1S/C12H9Cl2NO2S/c1-7-3-2-4-15(12(7)17)6-9(16)8-5-10(13)18-11(8)14/h2-5H,6H2,1H3. The fraction of sp³-hybridized carbons (Fsp3) is 0.167. The van der Waals surface area contributed by atoms with Gasteiger partial charge in [0.25, 0.3) is 5.56 Å². The van der Waals surface area contributed by atoms with E-state index in [0.717, 1.165) is 11.3 Å². The Morgan fingerprint density at radius 1 is 1.44 bits per heavy atom. The van der Waals surface area contributed by atoms with Gasteiger partial charge in [-0.2, -0.15) is 0 Å². The van der Waals surface area contributed by atoms with Gasteiger partial charge >= 0.3 is 0 Å². The Balaban J connectivity index is 2.30. The molecule has 0 saturated carbocycles. The molecule has 0 aliphatic rings. The molecule has 3 nitrogen and oxygen atoms in total. The molecule has 6 heteroatoms. The summed E-state index contributed by atoms with van der Waals surface area (Å²) >= 11 is 12.8. The van der Waals surface area contributed by atoms with E-state index in [-0.39, 0.29) is 17.9 Å². The molecule has 0 saturated heterocycles. The minimum atomic E-state index is -0.226. The fourth-order valence-corrected chi connectivity index (χ4v) is 3.05. The van der Waals surface area contributed by atoms with Gasteiger partial charge in [-0.15, -0.1) is 11.3 Å². The smallest absolute Gasteiger partial charge is 0.253 e. The molecule has 0 N–H and O–H groups in total. The van der Waals surface area contributed by atoms with Gasteiger partial charge < -0.3 is 4.57 Å². The number of aromatic nitrogens is 1. The molecular weight excluding hydrogens is 293 g/mol.